The quantitative estimate of drug-likeness (QED) is 0.0800. The van der Waals surface area contributed by atoms with Gasteiger partial charge in [-0.1, -0.05) is 35.4 Å². The van der Waals surface area contributed by atoms with Crippen molar-refractivity contribution in [2.75, 3.05) is 32.7 Å². The van der Waals surface area contributed by atoms with E-state index in [2.05, 4.69) is 26.0 Å². The molecule has 43 heavy (non-hydrogen) atoms. The number of nitrogens with one attached hydrogen (secondary N) is 3. The van der Waals surface area contributed by atoms with Crippen LogP contribution in [0.3, 0.4) is 0 Å². The maximum Gasteiger partial charge on any atom is 0.410 e. The summed E-state index contributed by atoms with van der Waals surface area (Å²) in [6.45, 7) is 6.48. The molecule has 0 aromatic heterocycles. The zero-order valence-corrected chi connectivity index (χ0v) is 25.2. The van der Waals surface area contributed by atoms with Crippen molar-refractivity contribution < 1.29 is 33.4 Å². The molecule has 1 aromatic rings. The van der Waals surface area contributed by atoms with Gasteiger partial charge in [-0.3, -0.25) is 14.4 Å². The van der Waals surface area contributed by atoms with Crippen molar-refractivity contribution in [1.82, 2.24) is 20.9 Å². The number of nitrogens with zero attached hydrogens (tertiary/aromatic N) is 4. The Morgan fingerprint density at radius 3 is 2.30 bits per heavy atom. The van der Waals surface area contributed by atoms with Gasteiger partial charge in [0, 0.05) is 44.1 Å². The van der Waals surface area contributed by atoms with Gasteiger partial charge >= 0.3 is 12.2 Å². The Balaban J connectivity index is 2.36. The van der Waals surface area contributed by atoms with Crippen molar-refractivity contribution in [3.63, 3.8) is 0 Å². The maximum absolute atomic E-state index is 12.6. The number of hydrogen-bond acceptors (Lipinski definition) is 8. The normalized spacial score (nSPS) is 11.3. The maximum atomic E-state index is 12.6. The molecule has 1 atom stereocenters. The molecule has 0 heterocycles. The molecule has 0 saturated heterocycles. The Labute approximate surface area is 251 Å². The number of ether oxygens (including phenoxy) is 2. The first-order valence-electron chi connectivity index (χ1n) is 14.2. The van der Waals surface area contributed by atoms with E-state index in [1.165, 1.54) is 4.90 Å². The SMILES string of the molecule is CC(C)(C)OC(=O)N[C@@H](CC(N)=O)C(=O)NCCCCCNC(=O)CCN(CCCN=[N+]=[N-])C(=O)OCc1ccccc1. The smallest absolute Gasteiger partial charge is 0.410 e. The lowest BCUT2D eigenvalue weighted by atomic mass is 10.1. The van der Waals surface area contributed by atoms with Crippen LogP contribution in [0.2, 0.25) is 0 Å². The van der Waals surface area contributed by atoms with Crippen molar-refractivity contribution in [3.05, 3.63) is 46.3 Å². The van der Waals surface area contributed by atoms with Gasteiger partial charge in [0.25, 0.3) is 0 Å². The first-order chi connectivity index (χ1) is 20.4. The highest BCUT2D eigenvalue weighted by atomic mass is 16.6. The van der Waals surface area contributed by atoms with Crippen LogP contribution in [0.15, 0.2) is 35.4 Å². The molecule has 15 heteroatoms. The number of alkyl carbamates (subject to hydrolysis) is 1. The lowest BCUT2D eigenvalue weighted by molar-refractivity contribution is -0.127. The van der Waals surface area contributed by atoms with Gasteiger partial charge in [0.1, 0.15) is 18.2 Å². The summed E-state index contributed by atoms with van der Waals surface area (Å²) in [5.41, 5.74) is 13.7. The highest BCUT2D eigenvalue weighted by Crippen LogP contribution is 2.08. The molecular weight excluding hydrogens is 560 g/mol. The summed E-state index contributed by atoms with van der Waals surface area (Å²) in [5.74, 6) is -1.52. The topological polar surface area (TPSA) is 218 Å². The van der Waals surface area contributed by atoms with Gasteiger partial charge in [-0.15, -0.1) is 0 Å². The minimum Gasteiger partial charge on any atom is -0.445 e. The molecule has 0 spiro atoms. The van der Waals surface area contributed by atoms with E-state index in [4.69, 9.17) is 20.7 Å². The molecule has 1 aromatic carbocycles. The number of unbranched alkanes of at least 4 members (excludes halogenated alkanes) is 2. The Bertz CT molecular complexity index is 1090. The zero-order valence-electron chi connectivity index (χ0n) is 25.2. The number of carbonyl (C=O) groups is 5. The Morgan fingerprint density at radius 1 is 1.00 bits per heavy atom. The van der Waals surface area contributed by atoms with E-state index >= 15 is 0 Å². The second-order valence-electron chi connectivity index (χ2n) is 10.7. The lowest BCUT2D eigenvalue weighted by Gasteiger charge is -2.22. The molecule has 0 bridgehead atoms. The third kappa shape index (κ3) is 18.5. The predicted octanol–water partition coefficient (Wildman–Crippen LogP) is 2.89. The van der Waals surface area contributed by atoms with Crippen LogP contribution in [0.1, 0.15) is 64.9 Å². The Morgan fingerprint density at radius 2 is 1.67 bits per heavy atom. The van der Waals surface area contributed by atoms with Crippen molar-refractivity contribution in [2.24, 2.45) is 10.8 Å². The van der Waals surface area contributed by atoms with Crippen LogP contribution in [0.5, 0.6) is 0 Å². The van der Waals surface area contributed by atoms with Crippen molar-refractivity contribution in [1.29, 1.82) is 0 Å². The number of azide groups is 1. The molecule has 0 aliphatic carbocycles. The third-order valence-electron chi connectivity index (χ3n) is 5.71. The number of carbonyl (C=O) groups excluding carboxylic acids is 5. The van der Waals surface area contributed by atoms with E-state index in [1.54, 1.807) is 20.8 Å². The minimum atomic E-state index is -1.15. The monoisotopic (exact) mass is 604 g/mol. The summed E-state index contributed by atoms with van der Waals surface area (Å²) >= 11 is 0. The van der Waals surface area contributed by atoms with Crippen LogP contribution in [0, 0.1) is 0 Å². The largest absolute Gasteiger partial charge is 0.445 e. The van der Waals surface area contributed by atoms with Gasteiger partial charge in [0.05, 0.1) is 6.42 Å². The Hall–Kier alpha value is -4.52. The minimum absolute atomic E-state index is 0.0733. The molecule has 0 aliphatic heterocycles. The van der Waals surface area contributed by atoms with Crippen molar-refractivity contribution >= 4 is 29.9 Å². The van der Waals surface area contributed by atoms with E-state index in [1.807, 2.05) is 30.3 Å². The number of rotatable bonds is 19. The average molecular weight is 605 g/mol. The predicted molar refractivity (Wildman–Crippen MR) is 158 cm³/mol. The fraction of sp³-hybridized carbons (Fsp3) is 0.607. The van der Waals surface area contributed by atoms with Crippen molar-refractivity contribution in [2.45, 2.75) is 77.5 Å². The molecule has 0 saturated carbocycles. The lowest BCUT2D eigenvalue weighted by Crippen LogP contribution is -2.50. The second-order valence-corrected chi connectivity index (χ2v) is 10.7. The second kappa shape index (κ2) is 20.4. The first kappa shape index (κ1) is 36.5. The van der Waals surface area contributed by atoms with Crippen LogP contribution in [0.25, 0.3) is 10.4 Å². The number of primary amides is 1. The molecule has 1 rings (SSSR count). The molecule has 0 fully saturated rings. The van der Waals surface area contributed by atoms with E-state index in [0.29, 0.717) is 38.8 Å². The van der Waals surface area contributed by atoms with Gasteiger partial charge in [0.2, 0.25) is 17.7 Å². The molecule has 0 aliphatic rings. The average Bonchev–Trinajstić information content (AvgIpc) is 2.93. The Kier molecular flexibility index (Phi) is 17.3. The number of amides is 5. The van der Waals surface area contributed by atoms with Gasteiger partial charge in [-0.05, 0) is 57.5 Å². The highest BCUT2D eigenvalue weighted by Gasteiger charge is 2.25. The summed E-state index contributed by atoms with van der Waals surface area (Å²) in [6.07, 6.45) is 0.697. The van der Waals surface area contributed by atoms with Crippen LogP contribution in [-0.4, -0.2) is 79.2 Å². The van der Waals surface area contributed by atoms with Gasteiger partial charge in [-0.25, -0.2) is 9.59 Å². The highest BCUT2D eigenvalue weighted by molar-refractivity contribution is 5.90. The molecule has 238 valence electrons. The van der Waals surface area contributed by atoms with Gasteiger partial charge in [0.15, 0.2) is 0 Å². The van der Waals surface area contributed by atoms with Crippen LogP contribution >= 0.6 is 0 Å². The fourth-order valence-electron chi connectivity index (χ4n) is 3.66. The number of nitrogens with two attached hydrogens (primary N) is 1. The standard InChI is InChI=1S/C28H44N8O7/c1-28(2,3)43-26(40)34-22(19-23(29)37)25(39)32-15-9-5-8-14-31-24(38)13-18-36(17-10-16-33-35-30)27(41)42-20-21-11-6-4-7-12-21/h4,6-7,11-12,22H,5,8-10,13-20H2,1-3H3,(H2,29,37)(H,31,38)(H,32,39)(H,34,40)/t22-/m0/s1. The van der Waals surface area contributed by atoms with E-state index < -0.39 is 35.6 Å². The van der Waals surface area contributed by atoms with Crippen molar-refractivity contribution in [3.8, 4) is 0 Å². The number of hydrogen-bond donors (Lipinski definition) is 4. The molecule has 5 amide bonds. The summed E-state index contributed by atoms with van der Waals surface area (Å²) in [6, 6.07) is 8.07. The van der Waals surface area contributed by atoms with Crippen LogP contribution in [0.4, 0.5) is 9.59 Å². The van der Waals surface area contributed by atoms with E-state index in [9.17, 15) is 24.0 Å². The first-order valence-corrected chi connectivity index (χ1v) is 14.2. The summed E-state index contributed by atoms with van der Waals surface area (Å²) in [5, 5.41) is 11.3. The van der Waals surface area contributed by atoms with Crippen LogP contribution < -0.4 is 21.7 Å². The van der Waals surface area contributed by atoms with Gasteiger partial charge in [-0.2, -0.15) is 0 Å². The van der Waals surface area contributed by atoms with E-state index in [-0.39, 0.29) is 45.0 Å². The molecule has 0 radical (unpaired) electrons. The molecule has 5 N–H and O–H groups in total. The molecule has 0 unspecified atom stereocenters. The summed E-state index contributed by atoms with van der Waals surface area (Å²) in [7, 11) is 0. The zero-order chi connectivity index (χ0) is 32.1. The summed E-state index contributed by atoms with van der Waals surface area (Å²) in [4.78, 5) is 64.8. The van der Waals surface area contributed by atoms with Gasteiger partial charge < -0.3 is 36.1 Å². The van der Waals surface area contributed by atoms with E-state index in [0.717, 1.165) is 5.56 Å². The number of benzene rings is 1. The third-order valence-corrected chi connectivity index (χ3v) is 5.71. The molecular formula is C28H44N8O7. The summed E-state index contributed by atoms with van der Waals surface area (Å²) < 4.78 is 10.5. The van der Waals surface area contributed by atoms with Crippen LogP contribution in [-0.2, 0) is 30.5 Å². The molecule has 15 nitrogen and oxygen atoms in total. The fourth-order valence-corrected chi connectivity index (χ4v) is 3.66.